The molecule has 0 aliphatic carbocycles. The van der Waals surface area contributed by atoms with Crippen molar-refractivity contribution in [1.82, 2.24) is 16.0 Å². The van der Waals surface area contributed by atoms with Crippen molar-refractivity contribution in [2.24, 2.45) is 11.5 Å². The summed E-state index contributed by atoms with van der Waals surface area (Å²) in [6.45, 7) is -1.26. The maximum Gasteiger partial charge on any atom is 0.322 e. The SMILES string of the molecule is NC(=O)CCC(N)C(=O)NCC(=O)NC(CCC(=O)O)C(=O)NCC(=O)O. The second-order valence-electron chi connectivity index (χ2n) is 5.49. The number of amides is 4. The standard InChI is InChI=1S/C14H23N5O8/c15-7(1-3-9(16)20)13(26)17-5-10(21)19-8(2-4-11(22)23)14(27)18-6-12(24)25/h7-8H,1-6,15H2,(H2,16,20)(H,17,26)(H,18,27)(H,19,21)(H,22,23)(H,24,25). The van der Waals surface area contributed by atoms with E-state index in [2.05, 4.69) is 10.6 Å². The van der Waals surface area contributed by atoms with Crippen molar-refractivity contribution in [3.05, 3.63) is 0 Å². The number of rotatable bonds is 13. The van der Waals surface area contributed by atoms with Gasteiger partial charge in [0, 0.05) is 12.8 Å². The molecule has 27 heavy (non-hydrogen) atoms. The van der Waals surface area contributed by atoms with E-state index in [4.69, 9.17) is 21.7 Å². The van der Waals surface area contributed by atoms with E-state index in [1.807, 2.05) is 5.32 Å². The number of carbonyl (C=O) groups is 6. The third kappa shape index (κ3) is 11.9. The monoisotopic (exact) mass is 389 g/mol. The van der Waals surface area contributed by atoms with E-state index in [0.717, 1.165) is 0 Å². The molecule has 0 fully saturated rings. The van der Waals surface area contributed by atoms with Crippen LogP contribution in [0, 0.1) is 0 Å². The minimum absolute atomic E-state index is 0.0123. The molecule has 152 valence electrons. The fourth-order valence-electron chi connectivity index (χ4n) is 1.80. The summed E-state index contributed by atoms with van der Waals surface area (Å²) in [5.41, 5.74) is 10.4. The average Bonchev–Trinajstić information content (AvgIpc) is 2.58. The summed E-state index contributed by atoms with van der Waals surface area (Å²) >= 11 is 0. The summed E-state index contributed by atoms with van der Waals surface area (Å²) in [7, 11) is 0. The van der Waals surface area contributed by atoms with Crippen LogP contribution < -0.4 is 27.4 Å². The summed E-state index contributed by atoms with van der Waals surface area (Å²) in [5, 5.41) is 23.6. The van der Waals surface area contributed by atoms with Crippen LogP contribution in [0.15, 0.2) is 0 Å². The van der Waals surface area contributed by atoms with E-state index in [1.54, 1.807) is 0 Å². The van der Waals surface area contributed by atoms with Gasteiger partial charge in [-0.3, -0.25) is 28.8 Å². The third-order valence-corrected chi connectivity index (χ3v) is 3.17. The zero-order valence-corrected chi connectivity index (χ0v) is 14.4. The van der Waals surface area contributed by atoms with Crippen LogP contribution in [-0.4, -0.2) is 71.0 Å². The molecule has 0 radical (unpaired) electrons. The van der Waals surface area contributed by atoms with Crippen LogP contribution in [0.2, 0.25) is 0 Å². The molecule has 0 aliphatic heterocycles. The molecular weight excluding hydrogens is 366 g/mol. The number of hydrogen-bond donors (Lipinski definition) is 7. The van der Waals surface area contributed by atoms with Gasteiger partial charge in [-0.1, -0.05) is 0 Å². The lowest BCUT2D eigenvalue weighted by Gasteiger charge is -2.18. The number of nitrogens with one attached hydrogen (secondary N) is 3. The van der Waals surface area contributed by atoms with E-state index in [9.17, 15) is 28.8 Å². The number of hydrogen-bond acceptors (Lipinski definition) is 7. The average molecular weight is 389 g/mol. The van der Waals surface area contributed by atoms with Crippen LogP contribution in [0.4, 0.5) is 0 Å². The molecule has 9 N–H and O–H groups in total. The number of aliphatic carboxylic acids is 2. The molecule has 2 unspecified atom stereocenters. The highest BCUT2D eigenvalue weighted by atomic mass is 16.4. The zero-order chi connectivity index (χ0) is 21.0. The summed E-state index contributed by atoms with van der Waals surface area (Å²) in [5.74, 6) is -5.57. The molecule has 0 aliphatic rings. The van der Waals surface area contributed by atoms with Gasteiger partial charge in [0.2, 0.25) is 23.6 Å². The van der Waals surface area contributed by atoms with Crippen molar-refractivity contribution >= 4 is 35.6 Å². The predicted molar refractivity (Wildman–Crippen MR) is 88.9 cm³/mol. The number of nitrogens with two attached hydrogens (primary N) is 2. The molecule has 4 amide bonds. The largest absolute Gasteiger partial charge is 0.481 e. The Labute approximate surface area is 153 Å². The summed E-state index contributed by atoms with van der Waals surface area (Å²) < 4.78 is 0. The molecule has 0 heterocycles. The number of carboxylic acid groups (broad SMARTS) is 2. The van der Waals surface area contributed by atoms with Crippen molar-refractivity contribution in [2.45, 2.75) is 37.8 Å². The zero-order valence-electron chi connectivity index (χ0n) is 14.4. The van der Waals surface area contributed by atoms with Gasteiger partial charge in [-0.05, 0) is 12.8 Å². The van der Waals surface area contributed by atoms with Gasteiger partial charge in [-0.2, -0.15) is 0 Å². The van der Waals surface area contributed by atoms with Crippen molar-refractivity contribution in [3.63, 3.8) is 0 Å². The van der Waals surface area contributed by atoms with Gasteiger partial charge in [0.25, 0.3) is 0 Å². The highest BCUT2D eigenvalue weighted by Gasteiger charge is 2.23. The van der Waals surface area contributed by atoms with E-state index in [0.29, 0.717) is 0 Å². The topological polar surface area (TPSA) is 231 Å². The van der Waals surface area contributed by atoms with Crippen LogP contribution in [0.25, 0.3) is 0 Å². The van der Waals surface area contributed by atoms with E-state index < -0.39 is 67.2 Å². The van der Waals surface area contributed by atoms with E-state index >= 15 is 0 Å². The lowest BCUT2D eigenvalue weighted by atomic mass is 10.1. The molecule has 0 rings (SSSR count). The lowest BCUT2D eigenvalue weighted by Crippen LogP contribution is -2.51. The van der Waals surface area contributed by atoms with Crippen LogP contribution >= 0.6 is 0 Å². The maximum absolute atomic E-state index is 11.9. The Hall–Kier alpha value is -3.22. The smallest absolute Gasteiger partial charge is 0.322 e. The second kappa shape index (κ2) is 12.2. The molecule has 0 aromatic carbocycles. The van der Waals surface area contributed by atoms with Gasteiger partial charge in [0.15, 0.2) is 0 Å². The minimum atomic E-state index is -1.32. The molecule has 13 nitrogen and oxygen atoms in total. The first-order valence-corrected chi connectivity index (χ1v) is 7.85. The van der Waals surface area contributed by atoms with Gasteiger partial charge in [-0.15, -0.1) is 0 Å². The van der Waals surface area contributed by atoms with Crippen LogP contribution in [0.3, 0.4) is 0 Å². The molecule has 0 aromatic rings. The molecule has 0 aromatic heterocycles. The van der Waals surface area contributed by atoms with Crippen molar-refractivity contribution in [3.8, 4) is 0 Å². The maximum atomic E-state index is 11.9. The third-order valence-electron chi connectivity index (χ3n) is 3.17. The first-order chi connectivity index (χ1) is 12.5. The molecule has 0 saturated heterocycles. The first-order valence-electron chi connectivity index (χ1n) is 7.85. The van der Waals surface area contributed by atoms with Crippen LogP contribution in [0.5, 0.6) is 0 Å². The normalized spacial score (nSPS) is 12.3. The Balaban J connectivity index is 4.57. The Kier molecular flexibility index (Phi) is 10.7. The summed E-state index contributed by atoms with van der Waals surface area (Å²) in [6, 6.07) is -2.36. The highest BCUT2D eigenvalue weighted by Crippen LogP contribution is 1.99. The minimum Gasteiger partial charge on any atom is -0.481 e. The summed E-state index contributed by atoms with van der Waals surface area (Å²) in [4.78, 5) is 67.1. The highest BCUT2D eigenvalue weighted by molar-refractivity contribution is 5.92. The van der Waals surface area contributed by atoms with E-state index in [-0.39, 0.29) is 19.3 Å². The van der Waals surface area contributed by atoms with Gasteiger partial charge in [-0.25, -0.2) is 0 Å². The van der Waals surface area contributed by atoms with Crippen LogP contribution in [-0.2, 0) is 28.8 Å². The Morgan fingerprint density at radius 1 is 0.815 bits per heavy atom. The Morgan fingerprint density at radius 3 is 1.93 bits per heavy atom. The molecule has 0 saturated carbocycles. The quantitative estimate of drug-likeness (QED) is 0.164. The van der Waals surface area contributed by atoms with Crippen molar-refractivity contribution in [2.75, 3.05) is 13.1 Å². The molecule has 2 atom stereocenters. The number of carbonyl (C=O) groups excluding carboxylic acids is 4. The second-order valence-corrected chi connectivity index (χ2v) is 5.49. The van der Waals surface area contributed by atoms with E-state index in [1.165, 1.54) is 0 Å². The van der Waals surface area contributed by atoms with Crippen molar-refractivity contribution in [1.29, 1.82) is 0 Å². The number of carboxylic acids is 2. The van der Waals surface area contributed by atoms with Crippen LogP contribution in [0.1, 0.15) is 25.7 Å². The molecule has 0 spiro atoms. The fraction of sp³-hybridized carbons (Fsp3) is 0.571. The molecule has 13 heteroatoms. The van der Waals surface area contributed by atoms with Gasteiger partial charge in [0.1, 0.15) is 12.6 Å². The fourth-order valence-corrected chi connectivity index (χ4v) is 1.80. The first kappa shape index (κ1) is 23.8. The van der Waals surface area contributed by atoms with Gasteiger partial charge in [0.05, 0.1) is 12.6 Å². The molecule has 0 bridgehead atoms. The lowest BCUT2D eigenvalue weighted by molar-refractivity contribution is -0.140. The predicted octanol–water partition coefficient (Wildman–Crippen LogP) is -3.75. The summed E-state index contributed by atoms with van der Waals surface area (Å²) in [6.07, 6.45) is -0.849. The van der Waals surface area contributed by atoms with Gasteiger partial charge < -0.3 is 37.6 Å². The number of primary amides is 1. The van der Waals surface area contributed by atoms with Gasteiger partial charge >= 0.3 is 11.9 Å². The Morgan fingerprint density at radius 2 is 1.41 bits per heavy atom. The Bertz CT molecular complexity index is 594. The molecular formula is C14H23N5O8. The van der Waals surface area contributed by atoms with Crippen molar-refractivity contribution < 1.29 is 39.0 Å².